The molecule has 0 heterocycles. The lowest BCUT2D eigenvalue weighted by Gasteiger charge is -2.34. The fourth-order valence-corrected chi connectivity index (χ4v) is 5.37. The Kier molecular flexibility index (Phi) is 10.4. The van der Waals surface area contributed by atoms with E-state index < -0.39 is 40.2 Å². The maximum absolute atomic E-state index is 13.9. The molecular weight excluding hydrogens is 564 g/mol. The number of sulfonamides is 1. The summed E-state index contributed by atoms with van der Waals surface area (Å²) >= 11 is 12.2. The van der Waals surface area contributed by atoms with Gasteiger partial charge in [-0.05, 0) is 55.3 Å². The molecule has 3 aromatic carbocycles. The van der Waals surface area contributed by atoms with E-state index in [1.54, 1.807) is 13.8 Å². The largest absolute Gasteiger partial charge is 0.352 e. The number of anilines is 1. The van der Waals surface area contributed by atoms with Crippen LogP contribution in [0.25, 0.3) is 0 Å². The zero-order valence-corrected chi connectivity index (χ0v) is 24.1. The van der Waals surface area contributed by atoms with Crippen LogP contribution >= 0.6 is 23.2 Å². The van der Waals surface area contributed by atoms with Gasteiger partial charge in [-0.3, -0.25) is 13.9 Å². The molecule has 208 valence electrons. The number of nitrogens with one attached hydrogen (secondary N) is 1. The number of hydrogen-bond donors (Lipinski definition) is 1. The fourth-order valence-electron chi connectivity index (χ4n) is 4.02. The Hall–Kier alpha value is -3.14. The molecule has 0 aliphatic rings. The number of hydrogen-bond acceptors (Lipinski definition) is 4. The van der Waals surface area contributed by atoms with Gasteiger partial charge in [0.15, 0.2) is 0 Å². The molecule has 0 bridgehead atoms. The van der Waals surface area contributed by atoms with Crippen molar-refractivity contribution in [2.24, 2.45) is 0 Å². The minimum Gasteiger partial charge on any atom is -0.352 e. The van der Waals surface area contributed by atoms with Crippen molar-refractivity contribution >= 4 is 50.7 Å². The summed E-state index contributed by atoms with van der Waals surface area (Å²) in [7, 11) is -3.96. The molecule has 1 atom stereocenters. The molecule has 0 unspecified atom stereocenters. The highest BCUT2D eigenvalue weighted by molar-refractivity contribution is 7.92. The number of carbonyl (C=O) groups excluding carboxylic acids is 2. The maximum atomic E-state index is 13.9. The van der Waals surface area contributed by atoms with Gasteiger partial charge in [0.25, 0.3) is 0 Å². The van der Waals surface area contributed by atoms with E-state index in [0.717, 1.165) is 16.1 Å². The molecule has 3 rings (SSSR count). The van der Waals surface area contributed by atoms with Crippen LogP contribution in [-0.2, 0) is 32.6 Å². The minimum atomic E-state index is -3.96. The third-order valence-electron chi connectivity index (χ3n) is 5.78. The fraction of sp³-hybridized carbons (Fsp3) is 0.286. The SMILES string of the molecule is CC(C)NC(=O)[C@@H](Cc1ccccc1)N(Cc1ccc(F)cc1)C(=O)CN(c1cc(Cl)cc(Cl)c1)S(C)(=O)=O. The van der Waals surface area contributed by atoms with Crippen molar-refractivity contribution in [3.05, 3.63) is 99.8 Å². The first-order valence-corrected chi connectivity index (χ1v) is 14.8. The normalized spacial score (nSPS) is 12.2. The van der Waals surface area contributed by atoms with Crippen molar-refractivity contribution in [1.29, 1.82) is 0 Å². The van der Waals surface area contributed by atoms with Gasteiger partial charge < -0.3 is 10.2 Å². The molecule has 0 radical (unpaired) electrons. The summed E-state index contributed by atoms with van der Waals surface area (Å²) in [5.74, 6) is -1.49. The number of amides is 2. The van der Waals surface area contributed by atoms with E-state index >= 15 is 0 Å². The molecule has 2 amide bonds. The summed E-state index contributed by atoms with van der Waals surface area (Å²) in [5, 5.41) is 3.25. The van der Waals surface area contributed by atoms with Gasteiger partial charge in [0, 0.05) is 29.1 Å². The summed E-state index contributed by atoms with van der Waals surface area (Å²) in [6, 6.07) is 17.7. The molecule has 0 aliphatic heterocycles. The minimum absolute atomic E-state index is 0.0595. The maximum Gasteiger partial charge on any atom is 0.244 e. The summed E-state index contributed by atoms with van der Waals surface area (Å²) in [4.78, 5) is 28.7. The molecular formula is C28H30Cl2FN3O4S. The Balaban J connectivity index is 2.06. The van der Waals surface area contributed by atoms with Crippen LogP contribution in [0.5, 0.6) is 0 Å². The predicted octanol–water partition coefficient (Wildman–Crippen LogP) is 5.06. The third kappa shape index (κ3) is 8.95. The molecule has 0 saturated carbocycles. The highest BCUT2D eigenvalue weighted by Gasteiger charge is 2.33. The van der Waals surface area contributed by atoms with Gasteiger partial charge in [0.2, 0.25) is 21.8 Å². The van der Waals surface area contributed by atoms with E-state index in [9.17, 15) is 22.4 Å². The van der Waals surface area contributed by atoms with Gasteiger partial charge in [-0.2, -0.15) is 0 Å². The first-order chi connectivity index (χ1) is 18.3. The first-order valence-electron chi connectivity index (χ1n) is 12.2. The Bertz CT molecular complexity index is 1380. The third-order valence-corrected chi connectivity index (χ3v) is 7.36. The standard InChI is InChI=1S/C28H30Cl2FN3O4S/c1-19(2)32-28(36)26(13-20-7-5-4-6-8-20)33(17-21-9-11-24(31)12-10-21)27(35)18-34(39(3,37)38)25-15-22(29)14-23(30)16-25/h4-12,14-16,19,26H,13,17-18H2,1-3H3,(H,32,36)/t26-/m1/s1. The van der Waals surface area contributed by atoms with Crippen LogP contribution in [0.1, 0.15) is 25.0 Å². The lowest BCUT2D eigenvalue weighted by Crippen LogP contribution is -2.54. The lowest BCUT2D eigenvalue weighted by molar-refractivity contribution is -0.140. The summed E-state index contributed by atoms with van der Waals surface area (Å²) in [5.41, 5.74) is 1.48. The highest BCUT2D eigenvalue weighted by Crippen LogP contribution is 2.27. The summed E-state index contributed by atoms with van der Waals surface area (Å²) in [6.45, 7) is 2.93. The quantitative estimate of drug-likeness (QED) is 0.336. The number of nitrogens with zero attached hydrogens (tertiary/aromatic N) is 2. The van der Waals surface area contributed by atoms with E-state index in [-0.39, 0.29) is 34.7 Å². The average molecular weight is 595 g/mol. The van der Waals surface area contributed by atoms with Crippen molar-refractivity contribution in [2.45, 2.75) is 38.9 Å². The van der Waals surface area contributed by atoms with Crippen LogP contribution in [0.15, 0.2) is 72.8 Å². The van der Waals surface area contributed by atoms with Crippen LogP contribution in [-0.4, -0.2) is 50.0 Å². The van der Waals surface area contributed by atoms with Crippen LogP contribution in [0.3, 0.4) is 0 Å². The Morgan fingerprint density at radius 2 is 1.51 bits per heavy atom. The Labute approximate surface area is 238 Å². The number of halogens is 3. The number of carbonyl (C=O) groups is 2. The second-order valence-corrected chi connectivity index (χ2v) is 12.2. The van der Waals surface area contributed by atoms with Crippen molar-refractivity contribution in [2.75, 3.05) is 17.1 Å². The Morgan fingerprint density at radius 1 is 0.923 bits per heavy atom. The van der Waals surface area contributed by atoms with Gasteiger partial charge in [-0.25, -0.2) is 12.8 Å². The molecule has 7 nitrogen and oxygen atoms in total. The molecule has 11 heteroatoms. The lowest BCUT2D eigenvalue weighted by atomic mass is 10.0. The highest BCUT2D eigenvalue weighted by atomic mass is 35.5. The average Bonchev–Trinajstić information content (AvgIpc) is 2.84. The van der Waals surface area contributed by atoms with E-state index in [1.807, 2.05) is 30.3 Å². The Morgan fingerprint density at radius 3 is 2.05 bits per heavy atom. The van der Waals surface area contributed by atoms with Crippen LogP contribution in [0.2, 0.25) is 10.0 Å². The van der Waals surface area contributed by atoms with E-state index in [0.29, 0.717) is 5.56 Å². The smallest absolute Gasteiger partial charge is 0.244 e. The molecule has 1 N–H and O–H groups in total. The van der Waals surface area contributed by atoms with Crippen molar-refractivity contribution < 1.29 is 22.4 Å². The number of rotatable bonds is 11. The van der Waals surface area contributed by atoms with Gasteiger partial charge in [0.05, 0.1) is 11.9 Å². The first kappa shape index (κ1) is 30.4. The zero-order chi connectivity index (χ0) is 28.7. The molecule has 3 aromatic rings. The molecule has 0 spiro atoms. The van der Waals surface area contributed by atoms with E-state index in [2.05, 4.69) is 5.32 Å². The van der Waals surface area contributed by atoms with Gasteiger partial charge >= 0.3 is 0 Å². The van der Waals surface area contributed by atoms with E-state index in [4.69, 9.17) is 23.2 Å². The predicted molar refractivity (Wildman–Crippen MR) is 153 cm³/mol. The molecule has 0 fully saturated rings. The summed E-state index contributed by atoms with van der Waals surface area (Å²) < 4.78 is 40.1. The van der Waals surface area contributed by atoms with Gasteiger partial charge in [-0.15, -0.1) is 0 Å². The molecule has 0 saturated heterocycles. The molecule has 39 heavy (non-hydrogen) atoms. The topological polar surface area (TPSA) is 86.8 Å². The van der Waals surface area contributed by atoms with Crippen LogP contribution in [0.4, 0.5) is 10.1 Å². The molecule has 0 aromatic heterocycles. The molecule has 0 aliphatic carbocycles. The van der Waals surface area contributed by atoms with Gasteiger partial charge in [-0.1, -0.05) is 65.7 Å². The second kappa shape index (κ2) is 13.3. The van der Waals surface area contributed by atoms with Crippen molar-refractivity contribution in [3.63, 3.8) is 0 Å². The number of benzene rings is 3. The van der Waals surface area contributed by atoms with Gasteiger partial charge in [0.1, 0.15) is 18.4 Å². The van der Waals surface area contributed by atoms with E-state index in [1.165, 1.54) is 47.4 Å². The van der Waals surface area contributed by atoms with Crippen LogP contribution < -0.4 is 9.62 Å². The summed E-state index contributed by atoms with van der Waals surface area (Å²) in [6.07, 6.45) is 1.14. The zero-order valence-electron chi connectivity index (χ0n) is 21.8. The van der Waals surface area contributed by atoms with Crippen molar-refractivity contribution in [3.8, 4) is 0 Å². The van der Waals surface area contributed by atoms with Crippen LogP contribution in [0, 0.1) is 5.82 Å². The monoisotopic (exact) mass is 593 g/mol. The van der Waals surface area contributed by atoms with Crippen molar-refractivity contribution in [1.82, 2.24) is 10.2 Å². The second-order valence-electron chi connectivity index (χ2n) is 9.41.